The second-order valence-corrected chi connectivity index (χ2v) is 6.17. The monoisotopic (exact) mass is 309 g/mol. The van der Waals surface area contributed by atoms with Gasteiger partial charge < -0.3 is 19.2 Å². The van der Waals surface area contributed by atoms with Gasteiger partial charge in [0.25, 0.3) is 10.0 Å². The Kier molecular flexibility index (Phi) is 3.50. The Bertz CT molecular complexity index is 772. The van der Waals surface area contributed by atoms with Crippen molar-refractivity contribution in [1.29, 1.82) is 0 Å². The number of hydrogen-bond donors (Lipinski definition) is 3. The van der Waals surface area contributed by atoms with Gasteiger partial charge in [-0.3, -0.25) is 4.72 Å². The third-order valence-corrected chi connectivity index (χ3v) is 4.37. The van der Waals surface area contributed by atoms with Crippen LogP contribution < -0.4 is 10.2 Å². The molecule has 1 aromatic heterocycles. The number of fused-ring (bicyclic) bond motifs is 1. The van der Waals surface area contributed by atoms with Gasteiger partial charge >= 0.3 is 7.12 Å². The van der Waals surface area contributed by atoms with Crippen molar-refractivity contribution in [2.45, 2.75) is 18.3 Å². The molecule has 2 heterocycles. The second kappa shape index (κ2) is 5.19. The Morgan fingerprint density at radius 3 is 2.81 bits per heavy atom. The average molecular weight is 309 g/mol. The zero-order valence-corrected chi connectivity index (χ0v) is 11.6. The second-order valence-electron chi connectivity index (χ2n) is 4.56. The fourth-order valence-electron chi connectivity index (χ4n) is 2.07. The molecule has 2 aromatic rings. The summed E-state index contributed by atoms with van der Waals surface area (Å²) < 4.78 is 36.7. The summed E-state index contributed by atoms with van der Waals surface area (Å²) in [5, 5.41) is 18.2. The van der Waals surface area contributed by atoms with Crippen LogP contribution in [0.1, 0.15) is 11.3 Å². The molecule has 1 aliphatic rings. The summed E-state index contributed by atoms with van der Waals surface area (Å²) in [5.74, 6) is 0.160. The van der Waals surface area contributed by atoms with E-state index in [0.717, 1.165) is 5.56 Å². The molecule has 0 atom stereocenters. The lowest BCUT2D eigenvalue weighted by Crippen LogP contribution is -2.28. The van der Waals surface area contributed by atoms with E-state index in [-0.39, 0.29) is 17.5 Å². The third kappa shape index (κ3) is 2.68. The van der Waals surface area contributed by atoms with E-state index in [1.807, 2.05) is 0 Å². The summed E-state index contributed by atoms with van der Waals surface area (Å²) in [4.78, 5) is 0. The molecule has 0 amide bonds. The van der Waals surface area contributed by atoms with E-state index >= 15 is 0 Å². The summed E-state index contributed by atoms with van der Waals surface area (Å²) in [7, 11) is -4.93. The Balaban J connectivity index is 1.87. The maximum atomic E-state index is 12.1. The Hall–Kier alpha value is -1.81. The number of hydrogen-bond acceptors (Lipinski definition) is 6. The molecule has 0 unspecified atom stereocenters. The smallest absolute Gasteiger partial charge is 0.445 e. The van der Waals surface area contributed by atoms with Crippen molar-refractivity contribution in [3.8, 4) is 0 Å². The molecule has 3 rings (SSSR count). The Morgan fingerprint density at radius 2 is 2.10 bits per heavy atom. The van der Waals surface area contributed by atoms with E-state index in [2.05, 4.69) is 4.72 Å². The maximum absolute atomic E-state index is 12.1. The minimum Gasteiger partial charge on any atom is -0.445 e. The number of benzene rings is 1. The largest absolute Gasteiger partial charge is 0.491 e. The molecule has 0 aliphatic carbocycles. The van der Waals surface area contributed by atoms with E-state index in [4.69, 9.17) is 14.2 Å². The van der Waals surface area contributed by atoms with Crippen LogP contribution in [-0.4, -0.2) is 25.7 Å². The van der Waals surface area contributed by atoms with Gasteiger partial charge in [0, 0.05) is 5.69 Å². The van der Waals surface area contributed by atoms with Crippen LogP contribution in [0.25, 0.3) is 0 Å². The fraction of sp³-hybridized carbons (Fsp3) is 0.167. The van der Waals surface area contributed by atoms with Gasteiger partial charge in [0.1, 0.15) is 12.4 Å². The molecule has 0 saturated heterocycles. The number of sulfonamides is 1. The molecule has 7 nitrogen and oxygen atoms in total. The summed E-state index contributed by atoms with van der Waals surface area (Å²) >= 11 is 0. The molecule has 21 heavy (non-hydrogen) atoms. The summed E-state index contributed by atoms with van der Waals surface area (Å²) in [6, 6.07) is 7.42. The summed E-state index contributed by atoms with van der Waals surface area (Å²) in [6.07, 6.45) is 0. The first-order valence-corrected chi connectivity index (χ1v) is 7.63. The molecule has 1 aliphatic heterocycles. The Labute approximate surface area is 121 Å². The van der Waals surface area contributed by atoms with E-state index in [1.54, 1.807) is 12.1 Å². The minimum atomic E-state index is -3.89. The van der Waals surface area contributed by atoms with E-state index in [0.29, 0.717) is 17.8 Å². The molecular weight excluding hydrogens is 297 g/mol. The molecule has 0 radical (unpaired) electrons. The first-order valence-electron chi connectivity index (χ1n) is 6.14. The van der Waals surface area contributed by atoms with Crippen molar-refractivity contribution in [1.82, 2.24) is 0 Å². The normalized spacial score (nSPS) is 14.3. The zero-order chi connectivity index (χ0) is 15.0. The lowest BCUT2D eigenvalue weighted by molar-refractivity contribution is 0.236. The van der Waals surface area contributed by atoms with Gasteiger partial charge in [-0.2, -0.15) is 8.42 Å². The van der Waals surface area contributed by atoms with Crippen LogP contribution in [0.15, 0.2) is 39.8 Å². The van der Waals surface area contributed by atoms with Crippen molar-refractivity contribution in [2.24, 2.45) is 0 Å². The van der Waals surface area contributed by atoms with Crippen molar-refractivity contribution in [3.05, 3.63) is 41.7 Å². The molecule has 3 N–H and O–H groups in total. The molecule has 0 fully saturated rings. The van der Waals surface area contributed by atoms with Crippen LogP contribution in [0.5, 0.6) is 0 Å². The SMILES string of the molecule is O=S(=O)(Nc1ccc2c(c1)B(O)OC2)c1ccc(CO)o1. The van der Waals surface area contributed by atoms with Gasteiger partial charge in [-0.15, -0.1) is 0 Å². The van der Waals surface area contributed by atoms with Gasteiger partial charge in [0.05, 0.1) is 6.61 Å². The molecular formula is C12H12BNO6S. The maximum Gasteiger partial charge on any atom is 0.491 e. The fourth-order valence-corrected chi connectivity index (χ4v) is 3.07. The van der Waals surface area contributed by atoms with Crippen LogP contribution in [0.3, 0.4) is 0 Å². The minimum absolute atomic E-state index is 0.160. The molecule has 0 bridgehead atoms. The van der Waals surface area contributed by atoms with Gasteiger partial charge in [0.2, 0.25) is 5.09 Å². The molecule has 0 spiro atoms. The number of rotatable bonds is 4. The van der Waals surface area contributed by atoms with Crippen molar-refractivity contribution in [3.63, 3.8) is 0 Å². The van der Waals surface area contributed by atoms with Gasteiger partial charge in [0.15, 0.2) is 0 Å². The van der Waals surface area contributed by atoms with Gasteiger partial charge in [-0.25, -0.2) is 0 Å². The highest BCUT2D eigenvalue weighted by molar-refractivity contribution is 7.92. The molecule has 1 aromatic carbocycles. The van der Waals surface area contributed by atoms with Crippen LogP contribution >= 0.6 is 0 Å². The van der Waals surface area contributed by atoms with Crippen LogP contribution in [0, 0.1) is 0 Å². The zero-order valence-electron chi connectivity index (χ0n) is 10.8. The average Bonchev–Trinajstić information content (AvgIpc) is 3.06. The van der Waals surface area contributed by atoms with Gasteiger partial charge in [-0.05, 0) is 35.3 Å². The van der Waals surface area contributed by atoms with Crippen molar-refractivity contribution < 1.29 is 27.6 Å². The van der Waals surface area contributed by atoms with Crippen molar-refractivity contribution in [2.75, 3.05) is 4.72 Å². The first-order chi connectivity index (χ1) is 9.99. The number of anilines is 1. The van der Waals surface area contributed by atoms with E-state index < -0.39 is 17.1 Å². The lowest BCUT2D eigenvalue weighted by Gasteiger charge is -2.07. The van der Waals surface area contributed by atoms with Crippen LogP contribution in [-0.2, 0) is 27.9 Å². The lowest BCUT2D eigenvalue weighted by atomic mass is 9.79. The van der Waals surface area contributed by atoms with E-state index in [1.165, 1.54) is 18.2 Å². The van der Waals surface area contributed by atoms with Crippen LogP contribution in [0.2, 0.25) is 0 Å². The predicted octanol–water partition coefficient (Wildman–Crippen LogP) is -0.210. The third-order valence-electron chi connectivity index (χ3n) is 3.12. The molecule has 110 valence electrons. The van der Waals surface area contributed by atoms with E-state index in [9.17, 15) is 13.4 Å². The number of aliphatic hydroxyl groups excluding tert-OH is 1. The van der Waals surface area contributed by atoms with Crippen LogP contribution in [0.4, 0.5) is 5.69 Å². The predicted molar refractivity (Wildman–Crippen MR) is 74.3 cm³/mol. The molecule has 0 saturated carbocycles. The highest BCUT2D eigenvalue weighted by atomic mass is 32.2. The standard InChI is InChI=1S/C12H12BNO6S/c15-6-10-3-4-12(20-10)21(17,18)14-9-2-1-8-7-19-13(16)11(8)5-9/h1-5,14-16H,6-7H2. The molecule has 9 heteroatoms. The quantitative estimate of drug-likeness (QED) is 0.674. The van der Waals surface area contributed by atoms with Gasteiger partial charge in [-0.1, -0.05) is 6.07 Å². The highest BCUT2D eigenvalue weighted by Gasteiger charge is 2.28. The van der Waals surface area contributed by atoms with Crippen molar-refractivity contribution >= 4 is 28.3 Å². The number of aliphatic hydroxyl groups is 1. The highest BCUT2D eigenvalue weighted by Crippen LogP contribution is 2.20. The Morgan fingerprint density at radius 1 is 1.29 bits per heavy atom. The topological polar surface area (TPSA) is 109 Å². The first kappa shape index (κ1) is 14.1. The number of nitrogens with one attached hydrogen (secondary N) is 1. The summed E-state index contributed by atoms with van der Waals surface area (Å²) in [6.45, 7) is -0.0839. The summed E-state index contributed by atoms with van der Waals surface area (Å²) in [5.41, 5.74) is 1.64. The number of furan rings is 1.